The first kappa shape index (κ1) is 21.6. The third-order valence-corrected chi connectivity index (χ3v) is 4.54. The molecule has 1 unspecified atom stereocenters. The van der Waals surface area contributed by atoms with Crippen molar-refractivity contribution in [2.75, 3.05) is 20.3 Å². The first-order valence-corrected chi connectivity index (χ1v) is 9.80. The molecule has 152 valence electrons. The van der Waals surface area contributed by atoms with Gasteiger partial charge >= 0.3 is 0 Å². The number of carbonyl (C=O) groups excluding carboxylic acids is 1. The largest absolute Gasteiger partial charge is 0.496 e. The molecule has 0 spiro atoms. The first-order chi connectivity index (χ1) is 13.5. The molecular weight excluding hydrogens is 354 g/mol. The number of carbonyl (C=O) groups is 1. The van der Waals surface area contributed by atoms with E-state index in [0.717, 1.165) is 28.2 Å². The minimum absolute atomic E-state index is 0.0211. The predicted molar refractivity (Wildman–Crippen MR) is 111 cm³/mol. The van der Waals surface area contributed by atoms with Crippen molar-refractivity contribution in [3.63, 3.8) is 0 Å². The summed E-state index contributed by atoms with van der Waals surface area (Å²) in [6.07, 6.45) is 1.13. The fourth-order valence-corrected chi connectivity index (χ4v) is 3.09. The Bertz CT molecular complexity index is 788. The maximum Gasteiger partial charge on any atom is 0.220 e. The second kappa shape index (κ2) is 10.6. The molecule has 2 rings (SSSR count). The zero-order valence-corrected chi connectivity index (χ0v) is 17.5. The zero-order valence-electron chi connectivity index (χ0n) is 17.5. The first-order valence-electron chi connectivity index (χ1n) is 9.80. The lowest BCUT2D eigenvalue weighted by Gasteiger charge is -2.17. The van der Waals surface area contributed by atoms with Gasteiger partial charge in [-0.2, -0.15) is 0 Å². The minimum atomic E-state index is -0.111. The third-order valence-electron chi connectivity index (χ3n) is 4.54. The number of aryl methyl sites for hydroxylation is 2. The van der Waals surface area contributed by atoms with Crippen LogP contribution in [0.1, 0.15) is 49.9 Å². The summed E-state index contributed by atoms with van der Waals surface area (Å²) in [5.41, 5.74) is 3.19. The maximum absolute atomic E-state index is 12.4. The van der Waals surface area contributed by atoms with E-state index in [1.165, 1.54) is 0 Å². The summed E-state index contributed by atoms with van der Waals surface area (Å²) in [5, 5.41) is 3.06. The molecule has 0 aliphatic carbocycles. The van der Waals surface area contributed by atoms with E-state index in [0.29, 0.717) is 31.8 Å². The van der Waals surface area contributed by atoms with Crippen LogP contribution in [0.2, 0.25) is 0 Å². The van der Waals surface area contributed by atoms with E-state index in [9.17, 15) is 4.79 Å². The van der Waals surface area contributed by atoms with Gasteiger partial charge in [0, 0.05) is 6.42 Å². The van der Waals surface area contributed by atoms with Crippen molar-refractivity contribution in [3.05, 3.63) is 53.1 Å². The monoisotopic (exact) mass is 385 g/mol. The molecule has 0 aromatic heterocycles. The summed E-state index contributed by atoms with van der Waals surface area (Å²) in [6, 6.07) is 11.7. The number of methoxy groups -OCH3 is 1. The van der Waals surface area contributed by atoms with Crippen LogP contribution in [0.4, 0.5) is 0 Å². The van der Waals surface area contributed by atoms with Crippen LogP contribution in [0.5, 0.6) is 17.2 Å². The molecule has 2 aromatic carbocycles. The van der Waals surface area contributed by atoms with Crippen molar-refractivity contribution in [2.45, 2.75) is 46.6 Å². The lowest BCUT2D eigenvalue weighted by Crippen LogP contribution is -2.26. The van der Waals surface area contributed by atoms with Crippen molar-refractivity contribution >= 4 is 5.91 Å². The minimum Gasteiger partial charge on any atom is -0.496 e. The molecule has 0 bridgehead atoms. The standard InChI is InChI=1S/C23H31NO4/c1-6-27-21-12-10-19(15-22(21)28-7-2)17(4)24-23(25)13-9-18-8-11-20(26-5)16(3)14-18/h8,10-12,14-15,17H,6-7,9,13H2,1-5H3,(H,24,25). The highest BCUT2D eigenvalue weighted by atomic mass is 16.5. The Labute approximate surface area is 168 Å². The van der Waals surface area contributed by atoms with Gasteiger partial charge in [-0.15, -0.1) is 0 Å². The Hall–Kier alpha value is -2.69. The highest BCUT2D eigenvalue weighted by molar-refractivity contribution is 5.76. The molecule has 28 heavy (non-hydrogen) atoms. The molecule has 1 atom stereocenters. The van der Waals surface area contributed by atoms with Crippen LogP contribution >= 0.6 is 0 Å². The molecule has 5 nitrogen and oxygen atoms in total. The number of nitrogens with one attached hydrogen (secondary N) is 1. The van der Waals surface area contributed by atoms with E-state index in [2.05, 4.69) is 11.4 Å². The molecule has 2 aromatic rings. The molecule has 0 heterocycles. The summed E-state index contributed by atoms with van der Waals surface area (Å²) < 4.78 is 16.5. The van der Waals surface area contributed by atoms with Gasteiger partial charge < -0.3 is 19.5 Å². The Kier molecular flexibility index (Phi) is 8.18. The van der Waals surface area contributed by atoms with E-state index in [-0.39, 0.29) is 11.9 Å². The molecule has 5 heteroatoms. The van der Waals surface area contributed by atoms with E-state index in [1.54, 1.807) is 7.11 Å². The molecule has 0 fully saturated rings. The van der Waals surface area contributed by atoms with Crippen LogP contribution in [-0.4, -0.2) is 26.2 Å². The van der Waals surface area contributed by atoms with Crippen LogP contribution in [0.15, 0.2) is 36.4 Å². The number of hydrogen-bond donors (Lipinski definition) is 1. The van der Waals surface area contributed by atoms with Crippen molar-refractivity contribution in [2.24, 2.45) is 0 Å². The number of ether oxygens (including phenoxy) is 3. The second-order valence-electron chi connectivity index (χ2n) is 6.67. The van der Waals surface area contributed by atoms with Gasteiger partial charge in [0.05, 0.1) is 26.4 Å². The fraction of sp³-hybridized carbons (Fsp3) is 0.435. The molecule has 0 saturated carbocycles. The SMILES string of the molecule is CCOc1ccc(C(C)NC(=O)CCc2ccc(OC)c(C)c2)cc1OCC. The van der Waals surface area contributed by atoms with Crippen LogP contribution in [0, 0.1) is 6.92 Å². The summed E-state index contributed by atoms with van der Waals surface area (Å²) in [6.45, 7) is 9.00. The Morgan fingerprint density at radius 3 is 2.32 bits per heavy atom. The molecule has 1 N–H and O–H groups in total. The third kappa shape index (κ3) is 5.91. The van der Waals surface area contributed by atoms with E-state index in [4.69, 9.17) is 14.2 Å². The van der Waals surface area contributed by atoms with Crippen LogP contribution < -0.4 is 19.5 Å². The lowest BCUT2D eigenvalue weighted by atomic mass is 10.0. The van der Waals surface area contributed by atoms with E-state index in [1.807, 2.05) is 58.0 Å². The van der Waals surface area contributed by atoms with Gasteiger partial charge in [-0.05, 0) is 69.0 Å². The van der Waals surface area contributed by atoms with Crippen molar-refractivity contribution < 1.29 is 19.0 Å². The maximum atomic E-state index is 12.4. The molecular formula is C23H31NO4. The predicted octanol–water partition coefficient (Wildman–Crippen LogP) is 4.61. The topological polar surface area (TPSA) is 56.8 Å². The molecule has 0 saturated heterocycles. The van der Waals surface area contributed by atoms with Gasteiger partial charge in [-0.25, -0.2) is 0 Å². The number of benzene rings is 2. The van der Waals surface area contributed by atoms with Crippen molar-refractivity contribution in [1.29, 1.82) is 0 Å². The highest BCUT2D eigenvalue weighted by Crippen LogP contribution is 2.30. The van der Waals surface area contributed by atoms with Gasteiger partial charge in [0.15, 0.2) is 11.5 Å². The fourth-order valence-electron chi connectivity index (χ4n) is 3.09. The lowest BCUT2D eigenvalue weighted by molar-refractivity contribution is -0.121. The molecule has 0 radical (unpaired) electrons. The zero-order chi connectivity index (χ0) is 20.5. The van der Waals surface area contributed by atoms with E-state index >= 15 is 0 Å². The Morgan fingerprint density at radius 1 is 1.00 bits per heavy atom. The molecule has 1 amide bonds. The normalized spacial score (nSPS) is 11.6. The average molecular weight is 386 g/mol. The Morgan fingerprint density at radius 2 is 1.68 bits per heavy atom. The summed E-state index contributed by atoms with van der Waals surface area (Å²) in [5.74, 6) is 2.31. The number of amides is 1. The van der Waals surface area contributed by atoms with Crippen molar-refractivity contribution in [3.8, 4) is 17.2 Å². The average Bonchev–Trinajstić information content (AvgIpc) is 2.68. The van der Waals surface area contributed by atoms with Crippen LogP contribution in [0.25, 0.3) is 0 Å². The smallest absolute Gasteiger partial charge is 0.220 e. The summed E-state index contributed by atoms with van der Waals surface area (Å²) >= 11 is 0. The van der Waals surface area contributed by atoms with Crippen LogP contribution in [-0.2, 0) is 11.2 Å². The second-order valence-corrected chi connectivity index (χ2v) is 6.67. The quantitative estimate of drug-likeness (QED) is 0.649. The number of hydrogen-bond acceptors (Lipinski definition) is 4. The van der Waals surface area contributed by atoms with E-state index < -0.39 is 0 Å². The number of rotatable bonds is 10. The molecule has 0 aliphatic rings. The summed E-state index contributed by atoms with van der Waals surface area (Å²) in [7, 11) is 1.66. The van der Waals surface area contributed by atoms with Gasteiger partial charge in [0.2, 0.25) is 5.91 Å². The van der Waals surface area contributed by atoms with Crippen molar-refractivity contribution in [1.82, 2.24) is 5.32 Å². The van der Waals surface area contributed by atoms with Crippen LogP contribution in [0.3, 0.4) is 0 Å². The van der Waals surface area contributed by atoms with Gasteiger partial charge in [-0.3, -0.25) is 4.79 Å². The van der Waals surface area contributed by atoms with Gasteiger partial charge in [0.25, 0.3) is 0 Å². The van der Waals surface area contributed by atoms with Gasteiger partial charge in [-0.1, -0.05) is 18.2 Å². The summed E-state index contributed by atoms with van der Waals surface area (Å²) in [4.78, 5) is 12.4. The Balaban J connectivity index is 1.96. The molecule has 0 aliphatic heterocycles. The van der Waals surface area contributed by atoms with Gasteiger partial charge in [0.1, 0.15) is 5.75 Å². The highest BCUT2D eigenvalue weighted by Gasteiger charge is 2.13.